The van der Waals surface area contributed by atoms with E-state index in [-0.39, 0.29) is 13.2 Å². The van der Waals surface area contributed by atoms with Gasteiger partial charge in [-0.2, -0.15) is 8.78 Å². The van der Waals surface area contributed by atoms with Crippen LogP contribution in [0.1, 0.15) is 5.56 Å². The molecule has 1 aromatic rings. The second-order valence-corrected chi connectivity index (χ2v) is 4.02. The van der Waals surface area contributed by atoms with E-state index < -0.39 is 6.11 Å². The van der Waals surface area contributed by atoms with E-state index in [1.165, 1.54) is 22.6 Å². The largest absolute Gasteiger partial charge is 0.497 e. The fourth-order valence-electron chi connectivity index (χ4n) is 1.23. The van der Waals surface area contributed by atoms with E-state index in [1.807, 2.05) is 12.1 Å². The van der Waals surface area contributed by atoms with Gasteiger partial charge in [-0.15, -0.1) is 0 Å². The van der Waals surface area contributed by atoms with Crippen molar-refractivity contribution in [2.45, 2.75) is 12.7 Å². The normalized spacial score (nSPS) is 10.7. The number of ether oxygens (including phenoxy) is 3. The first-order valence-corrected chi connectivity index (χ1v) is 6.50. The summed E-state index contributed by atoms with van der Waals surface area (Å²) in [7, 11) is 1.58. The van der Waals surface area contributed by atoms with Crippen LogP contribution in [0.4, 0.5) is 8.78 Å². The van der Waals surface area contributed by atoms with E-state index >= 15 is 0 Å². The summed E-state index contributed by atoms with van der Waals surface area (Å²) in [6.07, 6.45) is -3.41. The van der Waals surface area contributed by atoms with Crippen LogP contribution in [0.25, 0.3) is 0 Å². The summed E-state index contributed by atoms with van der Waals surface area (Å²) in [5, 5.41) is 0. The van der Waals surface area contributed by atoms with Gasteiger partial charge in [0.25, 0.3) is 0 Å². The van der Waals surface area contributed by atoms with E-state index in [4.69, 9.17) is 9.47 Å². The molecule has 0 amide bonds. The zero-order valence-corrected chi connectivity index (χ0v) is 12.4. The lowest BCUT2D eigenvalue weighted by Gasteiger charge is -2.10. The van der Waals surface area contributed by atoms with Crippen LogP contribution >= 0.6 is 22.6 Å². The van der Waals surface area contributed by atoms with Gasteiger partial charge in [0.15, 0.2) is 0 Å². The van der Waals surface area contributed by atoms with E-state index in [9.17, 15) is 8.78 Å². The average Bonchev–Trinajstić information content (AvgIpc) is 2.39. The highest BCUT2D eigenvalue weighted by atomic mass is 127. The van der Waals surface area contributed by atoms with Crippen molar-refractivity contribution in [3.8, 4) is 15.6 Å². The molecule has 0 radical (unpaired) electrons. The van der Waals surface area contributed by atoms with E-state index in [0.29, 0.717) is 6.61 Å². The van der Waals surface area contributed by atoms with Crippen LogP contribution in [-0.4, -0.2) is 26.4 Å². The summed E-state index contributed by atoms with van der Waals surface area (Å²) < 4.78 is 42.2. The molecule has 19 heavy (non-hydrogen) atoms. The van der Waals surface area contributed by atoms with Gasteiger partial charge in [0, 0.05) is 28.5 Å². The SMILES string of the molecule is COc1ccc(COCCOC(F)(F)C#CI)cc1. The first-order chi connectivity index (χ1) is 9.07. The monoisotopic (exact) mass is 382 g/mol. The fraction of sp³-hybridized carbons (Fsp3) is 0.385. The Balaban J connectivity index is 2.21. The predicted octanol–water partition coefficient (Wildman–Crippen LogP) is 3.22. The molecule has 1 rings (SSSR count). The summed E-state index contributed by atoms with van der Waals surface area (Å²) in [6, 6.07) is 7.30. The van der Waals surface area contributed by atoms with Crippen LogP contribution < -0.4 is 4.74 Å². The third-order valence-corrected chi connectivity index (χ3v) is 2.40. The van der Waals surface area contributed by atoms with Gasteiger partial charge in [-0.1, -0.05) is 12.1 Å². The summed E-state index contributed by atoms with van der Waals surface area (Å²) in [6.45, 7) is 0.190. The molecule has 0 saturated heterocycles. The molecule has 0 aliphatic rings. The number of hydrogen-bond acceptors (Lipinski definition) is 3. The van der Waals surface area contributed by atoms with Gasteiger partial charge in [0.2, 0.25) is 0 Å². The molecule has 3 nitrogen and oxygen atoms in total. The average molecular weight is 382 g/mol. The lowest BCUT2D eigenvalue weighted by Crippen LogP contribution is -2.20. The molecule has 0 fully saturated rings. The number of alkyl halides is 2. The van der Waals surface area contributed by atoms with Crippen molar-refractivity contribution in [1.29, 1.82) is 0 Å². The third-order valence-electron chi connectivity index (χ3n) is 2.13. The van der Waals surface area contributed by atoms with Crippen molar-refractivity contribution in [3.63, 3.8) is 0 Å². The van der Waals surface area contributed by atoms with Gasteiger partial charge in [0.1, 0.15) is 5.75 Å². The molecule has 0 spiro atoms. The number of hydrogen-bond donors (Lipinski definition) is 0. The third kappa shape index (κ3) is 6.71. The summed E-state index contributed by atoms with van der Waals surface area (Å²) in [4.78, 5) is 0. The molecular formula is C13H13F2IO3. The standard InChI is InChI=1S/C13H13F2IO3/c1-17-12-4-2-11(3-5-12)10-18-8-9-19-13(14,15)6-7-16/h2-5H,8-10H2,1H3. The van der Waals surface area contributed by atoms with Crippen LogP contribution in [0.5, 0.6) is 5.75 Å². The molecule has 0 aliphatic heterocycles. The molecule has 0 heterocycles. The lowest BCUT2D eigenvalue weighted by molar-refractivity contribution is -0.199. The number of benzene rings is 1. The zero-order valence-electron chi connectivity index (χ0n) is 10.3. The second kappa shape index (κ2) is 8.30. The molecule has 0 bridgehead atoms. The molecule has 104 valence electrons. The Kier molecular flexibility index (Phi) is 7.05. The topological polar surface area (TPSA) is 27.7 Å². The molecule has 1 aromatic carbocycles. The Labute approximate surface area is 124 Å². The van der Waals surface area contributed by atoms with Gasteiger partial charge < -0.3 is 14.2 Å². The Hall–Kier alpha value is -0.910. The molecule has 0 atom stereocenters. The van der Waals surface area contributed by atoms with Crippen molar-refractivity contribution in [2.75, 3.05) is 20.3 Å². The quantitative estimate of drug-likeness (QED) is 0.412. The fourth-order valence-corrected chi connectivity index (χ4v) is 1.55. The minimum atomic E-state index is -3.41. The Bertz CT molecular complexity index is 437. The second-order valence-electron chi connectivity index (χ2n) is 3.49. The predicted molar refractivity (Wildman–Crippen MR) is 75.3 cm³/mol. The molecule has 0 aliphatic carbocycles. The Morgan fingerprint density at radius 3 is 2.47 bits per heavy atom. The highest BCUT2D eigenvalue weighted by Gasteiger charge is 2.26. The first kappa shape index (κ1) is 16.1. The Morgan fingerprint density at radius 2 is 1.89 bits per heavy atom. The molecule has 0 saturated carbocycles. The summed E-state index contributed by atoms with van der Waals surface area (Å²) in [5.41, 5.74) is 0.930. The molecule has 0 unspecified atom stereocenters. The van der Waals surface area contributed by atoms with Crippen LogP contribution in [0.2, 0.25) is 0 Å². The minimum Gasteiger partial charge on any atom is -0.497 e. The van der Waals surface area contributed by atoms with E-state index in [0.717, 1.165) is 11.3 Å². The van der Waals surface area contributed by atoms with E-state index in [1.54, 1.807) is 25.2 Å². The van der Waals surface area contributed by atoms with Crippen molar-refractivity contribution in [1.82, 2.24) is 0 Å². The van der Waals surface area contributed by atoms with Crippen LogP contribution in [0.3, 0.4) is 0 Å². The lowest BCUT2D eigenvalue weighted by atomic mass is 10.2. The Morgan fingerprint density at radius 1 is 1.21 bits per heavy atom. The highest BCUT2D eigenvalue weighted by Crippen LogP contribution is 2.14. The van der Waals surface area contributed by atoms with Crippen molar-refractivity contribution in [2.24, 2.45) is 0 Å². The van der Waals surface area contributed by atoms with Crippen LogP contribution in [0.15, 0.2) is 24.3 Å². The van der Waals surface area contributed by atoms with E-state index in [2.05, 4.69) is 8.66 Å². The molecular weight excluding hydrogens is 369 g/mol. The van der Waals surface area contributed by atoms with Gasteiger partial charge in [0.05, 0.1) is 26.9 Å². The molecule has 6 heteroatoms. The maximum atomic E-state index is 12.8. The number of rotatable bonds is 7. The minimum absolute atomic E-state index is 0.0740. The summed E-state index contributed by atoms with van der Waals surface area (Å²) in [5.74, 6) is 2.41. The molecule has 0 N–H and O–H groups in total. The maximum Gasteiger partial charge on any atom is 0.424 e. The zero-order chi connectivity index (χ0) is 14.1. The molecule has 0 aromatic heterocycles. The van der Waals surface area contributed by atoms with Crippen LogP contribution in [0, 0.1) is 9.85 Å². The van der Waals surface area contributed by atoms with Gasteiger partial charge in [-0.25, -0.2) is 0 Å². The first-order valence-electron chi connectivity index (χ1n) is 5.42. The van der Waals surface area contributed by atoms with Crippen molar-refractivity contribution < 1.29 is 23.0 Å². The van der Waals surface area contributed by atoms with Crippen LogP contribution in [-0.2, 0) is 16.1 Å². The van der Waals surface area contributed by atoms with Crippen molar-refractivity contribution in [3.05, 3.63) is 29.8 Å². The van der Waals surface area contributed by atoms with Gasteiger partial charge in [-0.3, -0.25) is 0 Å². The van der Waals surface area contributed by atoms with Gasteiger partial charge >= 0.3 is 6.11 Å². The van der Waals surface area contributed by atoms with Crippen molar-refractivity contribution >= 4 is 22.6 Å². The maximum absolute atomic E-state index is 12.8. The smallest absolute Gasteiger partial charge is 0.424 e. The van der Waals surface area contributed by atoms with Gasteiger partial charge in [-0.05, 0) is 21.6 Å². The number of halogens is 3. The summed E-state index contributed by atoms with van der Waals surface area (Å²) >= 11 is 1.53. The number of methoxy groups -OCH3 is 1. The highest BCUT2D eigenvalue weighted by molar-refractivity contribution is 14.1.